The molecule has 2 N–H and O–H groups in total. The zero-order valence-corrected chi connectivity index (χ0v) is 13.5. The fraction of sp³-hybridized carbons (Fsp3) is 0.529. The van der Waals surface area contributed by atoms with Crippen molar-refractivity contribution in [2.45, 2.75) is 32.1 Å². The molecule has 0 unspecified atom stereocenters. The molecule has 1 saturated heterocycles. The average molecular weight is 322 g/mol. The van der Waals surface area contributed by atoms with Crippen LogP contribution < -0.4 is 5.32 Å². The Morgan fingerprint density at radius 3 is 2.57 bits per heavy atom. The first-order valence-corrected chi connectivity index (χ1v) is 7.81. The van der Waals surface area contributed by atoms with Crippen LogP contribution in [0.2, 0.25) is 0 Å². The third-order valence-electron chi connectivity index (χ3n) is 4.42. The molecular formula is C17H23FN2O3. The third kappa shape index (κ3) is 4.43. The maximum absolute atomic E-state index is 13.3. The number of rotatable bonds is 4. The molecule has 2 amide bonds. The molecular weight excluding hydrogens is 299 g/mol. The number of carbonyl (C=O) groups excluding carboxylic acids is 1. The third-order valence-corrected chi connectivity index (χ3v) is 4.42. The zero-order chi connectivity index (χ0) is 17.0. The van der Waals surface area contributed by atoms with E-state index in [1.54, 1.807) is 11.0 Å². The highest BCUT2D eigenvalue weighted by Crippen LogP contribution is 2.23. The first kappa shape index (κ1) is 17.2. The van der Waals surface area contributed by atoms with E-state index >= 15 is 0 Å². The van der Waals surface area contributed by atoms with Crippen molar-refractivity contribution in [2.24, 2.45) is 5.92 Å². The van der Waals surface area contributed by atoms with Crippen molar-refractivity contribution in [1.82, 2.24) is 10.2 Å². The van der Waals surface area contributed by atoms with E-state index in [2.05, 4.69) is 5.32 Å². The molecule has 0 bridgehead atoms. The Morgan fingerprint density at radius 2 is 2.00 bits per heavy atom. The molecule has 0 aromatic heterocycles. The number of urea groups is 1. The van der Waals surface area contributed by atoms with E-state index < -0.39 is 11.4 Å². The normalized spacial score (nSPS) is 16.2. The van der Waals surface area contributed by atoms with E-state index in [1.165, 1.54) is 12.1 Å². The second-order valence-electron chi connectivity index (χ2n) is 6.65. The molecule has 1 aliphatic rings. The van der Waals surface area contributed by atoms with Gasteiger partial charge in [0.1, 0.15) is 5.82 Å². The summed E-state index contributed by atoms with van der Waals surface area (Å²) < 4.78 is 13.3. The van der Waals surface area contributed by atoms with Gasteiger partial charge in [-0.2, -0.15) is 0 Å². The van der Waals surface area contributed by atoms with Gasteiger partial charge >= 0.3 is 12.0 Å². The van der Waals surface area contributed by atoms with Crippen LogP contribution in [0.3, 0.4) is 0 Å². The lowest BCUT2D eigenvalue weighted by molar-refractivity contribution is -0.143. The number of hydrogen-bond donors (Lipinski definition) is 2. The van der Waals surface area contributed by atoms with Gasteiger partial charge in [0.2, 0.25) is 0 Å². The van der Waals surface area contributed by atoms with Crippen molar-refractivity contribution in [3.8, 4) is 0 Å². The first-order chi connectivity index (χ1) is 10.8. The van der Waals surface area contributed by atoms with E-state index in [0.717, 1.165) is 5.56 Å². The Morgan fingerprint density at radius 1 is 1.35 bits per heavy atom. The summed E-state index contributed by atoms with van der Waals surface area (Å²) in [5.41, 5.74) is 0.430. The topological polar surface area (TPSA) is 69.6 Å². The smallest absolute Gasteiger partial charge is 0.317 e. The van der Waals surface area contributed by atoms with Crippen LogP contribution in [-0.4, -0.2) is 41.6 Å². The Labute approximate surface area is 135 Å². The monoisotopic (exact) mass is 322 g/mol. The van der Waals surface area contributed by atoms with Crippen LogP contribution in [0.5, 0.6) is 0 Å². The van der Waals surface area contributed by atoms with Gasteiger partial charge in [-0.1, -0.05) is 26.0 Å². The van der Waals surface area contributed by atoms with Crippen LogP contribution in [0.15, 0.2) is 24.3 Å². The summed E-state index contributed by atoms with van der Waals surface area (Å²) in [5, 5.41) is 11.8. The standard InChI is InChI=1S/C17H23FN2O3/c1-17(2,13-4-3-5-14(18)10-13)11-19-16(23)20-8-6-12(7-9-20)15(21)22/h3-5,10,12H,6-9,11H2,1-2H3,(H,19,23)(H,21,22). The van der Waals surface area contributed by atoms with E-state index in [0.29, 0.717) is 32.5 Å². The summed E-state index contributed by atoms with van der Waals surface area (Å²) >= 11 is 0. The summed E-state index contributed by atoms with van der Waals surface area (Å²) in [7, 11) is 0. The van der Waals surface area contributed by atoms with Gasteiger partial charge in [0.15, 0.2) is 0 Å². The number of benzene rings is 1. The fourth-order valence-electron chi connectivity index (χ4n) is 2.75. The van der Waals surface area contributed by atoms with Gasteiger partial charge in [0.25, 0.3) is 0 Å². The lowest BCUT2D eigenvalue weighted by Crippen LogP contribution is -2.48. The fourth-order valence-corrected chi connectivity index (χ4v) is 2.75. The Balaban J connectivity index is 1.88. The molecule has 23 heavy (non-hydrogen) atoms. The number of aliphatic carboxylic acids is 1. The number of carboxylic acids is 1. The number of nitrogens with one attached hydrogen (secondary N) is 1. The van der Waals surface area contributed by atoms with E-state index in [1.807, 2.05) is 19.9 Å². The molecule has 0 aliphatic carbocycles. The number of amides is 2. The average Bonchev–Trinajstić information content (AvgIpc) is 2.53. The van der Waals surface area contributed by atoms with Gasteiger partial charge < -0.3 is 15.3 Å². The highest BCUT2D eigenvalue weighted by Gasteiger charge is 2.28. The molecule has 5 nitrogen and oxygen atoms in total. The Kier molecular flexibility index (Phi) is 5.23. The number of carbonyl (C=O) groups is 2. The van der Waals surface area contributed by atoms with Crippen molar-refractivity contribution in [2.75, 3.05) is 19.6 Å². The predicted molar refractivity (Wildman–Crippen MR) is 84.8 cm³/mol. The van der Waals surface area contributed by atoms with Crippen LogP contribution in [0.1, 0.15) is 32.3 Å². The number of likely N-dealkylation sites (tertiary alicyclic amines) is 1. The Hall–Kier alpha value is -2.11. The predicted octanol–water partition coefficient (Wildman–Crippen LogP) is 2.61. The van der Waals surface area contributed by atoms with Crippen LogP contribution in [0.25, 0.3) is 0 Å². The number of hydrogen-bond acceptors (Lipinski definition) is 2. The molecule has 0 saturated carbocycles. The lowest BCUT2D eigenvalue weighted by atomic mass is 9.84. The van der Waals surface area contributed by atoms with E-state index in [9.17, 15) is 14.0 Å². The number of piperidine rings is 1. The molecule has 6 heteroatoms. The SMILES string of the molecule is CC(C)(CNC(=O)N1CCC(C(=O)O)CC1)c1cccc(F)c1. The van der Waals surface area contributed by atoms with Crippen molar-refractivity contribution in [1.29, 1.82) is 0 Å². The number of halogens is 1. The first-order valence-electron chi connectivity index (χ1n) is 7.81. The molecule has 1 heterocycles. The maximum atomic E-state index is 13.3. The number of nitrogens with zero attached hydrogens (tertiary/aromatic N) is 1. The largest absolute Gasteiger partial charge is 0.481 e. The highest BCUT2D eigenvalue weighted by atomic mass is 19.1. The Bertz CT molecular complexity index is 581. The van der Waals surface area contributed by atoms with E-state index in [-0.39, 0.29) is 17.8 Å². The van der Waals surface area contributed by atoms with Crippen molar-refractivity contribution < 1.29 is 19.1 Å². The van der Waals surface area contributed by atoms with E-state index in [4.69, 9.17) is 5.11 Å². The van der Waals surface area contributed by atoms with Gasteiger partial charge in [-0.25, -0.2) is 9.18 Å². The van der Waals surface area contributed by atoms with Gasteiger partial charge in [-0.05, 0) is 30.5 Å². The van der Waals surface area contributed by atoms with Crippen LogP contribution in [0, 0.1) is 11.7 Å². The summed E-state index contributed by atoms with van der Waals surface area (Å²) in [6.07, 6.45) is 0.964. The second-order valence-corrected chi connectivity index (χ2v) is 6.65. The van der Waals surface area contributed by atoms with Gasteiger partial charge in [-0.15, -0.1) is 0 Å². The lowest BCUT2D eigenvalue weighted by Gasteiger charge is -2.32. The summed E-state index contributed by atoms with van der Waals surface area (Å²) in [6.45, 7) is 5.16. The molecule has 0 atom stereocenters. The van der Waals surface area contributed by atoms with Crippen LogP contribution in [0.4, 0.5) is 9.18 Å². The minimum atomic E-state index is -0.794. The highest BCUT2D eigenvalue weighted by molar-refractivity contribution is 5.75. The van der Waals surface area contributed by atoms with Crippen molar-refractivity contribution in [3.05, 3.63) is 35.6 Å². The quantitative estimate of drug-likeness (QED) is 0.895. The molecule has 1 fully saturated rings. The molecule has 1 aromatic rings. The van der Waals surface area contributed by atoms with Gasteiger partial charge in [0, 0.05) is 25.0 Å². The molecule has 1 aromatic carbocycles. The summed E-state index contributed by atoms with van der Waals surface area (Å²) in [4.78, 5) is 24.8. The minimum Gasteiger partial charge on any atom is -0.481 e. The van der Waals surface area contributed by atoms with Gasteiger partial charge in [0.05, 0.1) is 5.92 Å². The zero-order valence-electron chi connectivity index (χ0n) is 13.5. The molecule has 2 rings (SSSR count). The van der Waals surface area contributed by atoms with Crippen molar-refractivity contribution >= 4 is 12.0 Å². The summed E-state index contributed by atoms with van der Waals surface area (Å²) in [5.74, 6) is -1.45. The van der Waals surface area contributed by atoms with Gasteiger partial charge in [-0.3, -0.25) is 4.79 Å². The second kappa shape index (κ2) is 6.98. The van der Waals surface area contributed by atoms with Crippen molar-refractivity contribution in [3.63, 3.8) is 0 Å². The van der Waals surface area contributed by atoms with Crippen LogP contribution in [-0.2, 0) is 10.2 Å². The molecule has 1 aliphatic heterocycles. The number of carboxylic acid groups (broad SMARTS) is 1. The molecule has 0 spiro atoms. The van der Waals surface area contributed by atoms with Crippen LogP contribution >= 0.6 is 0 Å². The maximum Gasteiger partial charge on any atom is 0.317 e. The molecule has 0 radical (unpaired) electrons. The summed E-state index contributed by atoms with van der Waals surface area (Å²) in [6, 6.07) is 6.17. The molecule has 126 valence electrons. The minimum absolute atomic E-state index is 0.196.